The molecule has 0 bridgehead atoms. The van der Waals surface area contributed by atoms with Gasteiger partial charge in [0.25, 0.3) is 11.8 Å². The summed E-state index contributed by atoms with van der Waals surface area (Å²) in [6.45, 7) is 2.87. The molecule has 2 aromatic carbocycles. The van der Waals surface area contributed by atoms with Gasteiger partial charge in [0.1, 0.15) is 6.54 Å². The summed E-state index contributed by atoms with van der Waals surface area (Å²) in [5, 5.41) is 6.06. The first-order valence-electron chi connectivity index (χ1n) is 9.37. The zero-order valence-corrected chi connectivity index (χ0v) is 18.3. The fourth-order valence-electron chi connectivity index (χ4n) is 2.85. The van der Waals surface area contributed by atoms with E-state index in [-0.39, 0.29) is 6.79 Å². The normalized spacial score (nSPS) is 13.8. The van der Waals surface area contributed by atoms with Crippen LogP contribution in [0.25, 0.3) is 0 Å². The standard InChI is InChI=1S/C21H20Cl2N2O6/c1-11(15-5-4-14(22)8-16(15)23)25-20(27)12(2)31-19(26)9-24-21(28)13-3-6-17-18(7-13)30-10-29-17/h3-8,11-12H,9-10H2,1-2H3,(H,24,28)(H,25,27). The quantitative estimate of drug-likeness (QED) is 0.607. The Morgan fingerprint density at radius 2 is 1.81 bits per heavy atom. The van der Waals surface area contributed by atoms with E-state index in [9.17, 15) is 14.4 Å². The highest BCUT2D eigenvalue weighted by atomic mass is 35.5. The van der Waals surface area contributed by atoms with Gasteiger partial charge in [0.15, 0.2) is 17.6 Å². The van der Waals surface area contributed by atoms with E-state index in [4.69, 9.17) is 37.4 Å². The highest BCUT2D eigenvalue weighted by molar-refractivity contribution is 6.35. The van der Waals surface area contributed by atoms with Crippen LogP contribution in [0.3, 0.4) is 0 Å². The lowest BCUT2D eigenvalue weighted by atomic mass is 10.1. The molecule has 1 aliphatic rings. The molecule has 0 saturated heterocycles. The lowest BCUT2D eigenvalue weighted by molar-refractivity contribution is -0.154. The average Bonchev–Trinajstić information content (AvgIpc) is 3.19. The van der Waals surface area contributed by atoms with Crippen LogP contribution in [-0.4, -0.2) is 37.2 Å². The molecule has 8 nitrogen and oxygen atoms in total. The second-order valence-corrected chi connectivity index (χ2v) is 7.62. The SMILES string of the molecule is CC(OC(=O)CNC(=O)c1ccc2c(c1)OCO2)C(=O)NC(C)c1ccc(Cl)cc1Cl. The molecule has 164 valence electrons. The van der Waals surface area contributed by atoms with E-state index in [1.54, 1.807) is 37.3 Å². The predicted molar refractivity (Wildman–Crippen MR) is 113 cm³/mol. The van der Waals surface area contributed by atoms with Gasteiger partial charge < -0.3 is 24.8 Å². The Kier molecular flexibility index (Phi) is 7.25. The molecular weight excluding hydrogens is 447 g/mol. The number of carbonyl (C=O) groups is 3. The monoisotopic (exact) mass is 466 g/mol. The van der Waals surface area contributed by atoms with Crippen molar-refractivity contribution in [1.29, 1.82) is 0 Å². The summed E-state index contributed by atoms with van der Waals surface area (Å²) < 4.78 is 15.5. The number of nitrogens with one attached hydrogen (secondary N) is 2. The summed E-state index contributed by atoms with van der Waals surface area (Å²) in [6, 6.07) is 9.19. The van der Waals surface area contributed by atoms with Crippen LogP contribution in [-0.2, 0) is 14.3 Å². The van der Waals surface area contributed by atoms with Crippen molar-refractivity contribution in [2.45, 2.75) is 26.0 Å². The molecule has 2 aromatic rings. The molecule has 0 aliphatic carbocycles. The third kappa shape index (κ3) is 5.80. The smallest absolute Gasteiger partial charge is 0.326 e. The number of ether oxygens (including phenoxy) is 3. The number of fused-ring (bicyclic) bond motifs is 1. The maximum atomic E-state index is 12.3. The minimum atomic E-state index is -1.07. The van der Waals surface area contributed by atoms with Gasteiger partial charge >= 0.3 is 5.97 Å². The maximum absolute atomic E-state index is 12.3. The van der Waals surface area contributed by atoms with Gasteiger partial charge in [0.2, 0.25) is 6.79 Å². The van der Waals surface area contributed by atoms with Crippen molar-refractivity contribution >= 4 is 41.0 Å². The summed E-state index contributed by atoms with van der Waals surface area (Å²) in [6.07, 6.45) is -1.07. The number of amides is 2. The summed E-state index contributed by atoms with van der Waals surface area (Å²) >= 11 is 12.0. The van der Waals surface area contributed by atoms with Crippen molar-refractivity contribution in [2.24, 2.45) is 0 Å². The van der Waals surface area contributed by atoms with E-state index in [0.717, 1.165) is 0 Å². The van der Waals surface area contributed by atoms with Crippen LogP contribution in [0, 0.1) is 0 Å². The number of halogens is 2. The molecular formula is C21H20Cl2N2O6. The molecule has 2 N–H and O–H groups in total. The van der Waals surface area contributed by atoms with E-state index < -0.39 is 36.5 Å². The van der Waals surface area contributed by atoms with E-state index in [2.05, 4.69) is 10.6 Å². The number of benzene rings is 2. The van der Waals surface area contributed by atoms with Gasteiger partial charge in [-0.2, -0.15) is 0 Å². The fourth-order valence-corrected chi connectivity index (χ4v) is 3.42. The molecule has 1 heterocycles. The highest BCUT2D eigenvalue weighted by Crippen LogP contribution is 2.32. The van der Waals surface area contributed by atoms with Crippen molar-refractivity contribution in [3.05, 3.63) is 57.6 Å². The molecule has 31 heavy (non-hydrogen) atoms. The van der Waals surface area contributed by atoms with Gasteiger partial charge in [-0.1, -0.05) is 29.3 Å². The van der Waals surface area contributed by atoms with Gasteiger partial charge in [-0.05, 0) is 49.7 Å². The average molecular weight is 467 g/mol. The van der Waals surface area contributed by atoms with Crippen molar-refractivity contribution < 1.29 is 28.6 Å². The van der Waals surface area contributed by atoms with Crippen molar-refractivity contribution in [1.82, 2.24) is 10.6 Å². The molecule has 3 rings (SSSR count). The van der Waals surface area contributed by atoms with Crippen LogP contribution >= 0.6 is 23.2 Å². The van der Waals surface area contributed by atoms with Crippen LogP contribution in [0.15, 0.2) is 36.4 Å². The zero-order chi connectivity index (χ0) is 22.5. The van der Waals surface area contributed by atoms with E-state index >= 15 is 0 Å². The second kappa shape index (κ2) is 9.89. The minimum Gasteiger partial charge on any atom is -0.454 e. The van der Waals surface area contributed by atoms with E-state index in [1.165, 1.54) is 13.0 Å². The molecule has 0 spiro atoms. The first-order valence-corrected chi connectivity index (χ1v) is 10.1. The van der Waals surface area contributed by atoms with E-state index in [1.807, 2.05) is 0 Å². The first kappa shape index (κ1) is 22.7. The Labute approximate surface area is 188 Å². The van der Waals surface area contributed by atoms with Crippen LogP contribution in [0.2, 0.25) is 10.0 Å². The summed E-state index contributed by atoms with van der Waals surface area (Å²) in [5.41, 5.74) is 0.977. The van der Waals surface area contributed by atoms with Gasteiger partial charge in [-0.15, -0.1) is 0 Å². The Balaban J connectivity index is 1.47. The Morgan fingerprint density at radius 1 is 1.06 bits per heavy atom. The third-order valence-electron chi connectivity index (χ3n) is 4.49. The molecule has 10 heteroatoms. The Hall–Kier alpha value is -2.97. The van der Waals surface area contributed by atoms with Gasteiger partial charge in [0.05, 0.1) is 6.04 Å². The van der Waals surface area contributed by atoms with E-state index in [0.29, 0.717) is 32.7 Å². The fraction of sp³-hybridized carbons (Fsp3) is 0.286. The second-order valence-electron chi connectivity index (χ2n) is 6.78. The number of hydrogen-bond donors (Lipinski definition) is 2. The number of hydrogen-bond acceptors (Lipinski definition) is 6. The lowest BCUT2D eigenvalue weighted by Crippen LogP contribution is -2.39. The highest BCUT2D eigenvalue weighted by Gasteiger charge is 2.22. The van der Waals surface area contributed by atoms with Crippen LogP contribution < -0.4 is 20.1 Å². The molecule has 0 radical (unpaired) electrons. The van der Waals surface area contributed by atoms with Crippen LogP contribution in [0.4, 0.5) is 0 Å². The summed E-state index contributed by atoms with van der Waals surface area (Å²) in [5.74, 6) is -0.749. The zero-order valence-electron chi connectivity index (χ0n) is 16.7. The number of esters is 1. The molecule has 1 aliphatic heterocycles. The predicted octanol–water partition coefficient (Wildman–Crippen LogP) is 3.26. The Bertz CT molecular complexity index is 1010. The molecule has 0 aromatic heterocycles. The molecule has 2 unspecified atom stereocenters. The molecule has 0 saturated carbocycles. The van der Waals surface area contributed by atoms with Crippen molar-refractivity contribution in [3.63, 3.8) is 0 Å². The molecule has 2 atom stereocenters. The largest absolute Gasteiger partial charge is 0.454 e. The van der Waals surface area contributed by atoms with Crippen LogP contribution in [0.5, 0.6) is 11.5 Å². The van der Waals surface area contributed by atoms with Gasteiger partial charge in [0, 0.05) is 15.6 Å². The summed E-state index contributed by atoms with van der Waals surface area (Å²) in [4.78, 5) is 36.6. The van der Waals surface area contributed by atoms with Gasteiger partial charge in [-0.25, -0.2) is 0 Å². The minimum absolute atomic E-state index is 0.0928. The van der Waals surface area contributed by atoms with Gasteiger partial charge in [-0.3, -0.25) is 14.4 Å². The Morgan fingerprint density at radius 3 is 2.55 bits per heavy atom. The maximum Gasteiger partial charge on any atom is 0.326 e. The molecule has 0 fully saturated rings. The lowest BCUT2D eigenvalue weighted by Gasteiger charge is -2.19. The topological polar surface area (TPSA) is 103 Å². The molecule has 2 amide bonds. The van der Waals surface area contributed by atoms with Crippen molar-refractivity contribution in [3.8, 4) is 11.5 Å². The summed E-state index contributed by atoms with van der Waals surface area (Å²) in [7, 11) is 0. The van der Waals surface area contributed by atoms with Crippen molar-refractivity contribution in [2.75, 3.05) is 13.3 Å². The number of carbonyl (C=O) groups excluding carboxylic acids is 3. The van der Waals surface area contributed by atoms with Crippen LogP contribution in [0.1, 0.15) is 35.8 Å². The number of rotatable bonds is 7. The third-order valence-corrected chi connectivity index (χ3v) is 5.06. The first-order chi connectivity index (χ1) is 14.7.